The third-order valence-corrected chi connectivity index (χ3v) is 5.86. The van der Waals surface area contributed by atoms with Crippen molar-refractivity contribution in [2.24, 2.45) is 0 Å². The lowest BCUT2D eigenvalue weighted by Gasteiger charge is -2.42. The summed E-state index contributed by atoms with van der Waals surface area (Å²) in [5.41, 5.74) is 5.58. The van der Waals surface area contributed by atoms with E-state index in [0.29, 0.717) is 11.5 Å². The molecule has 4 rings (SSSR count). The van der Waals surface area contributed by atoms with Gasteiger partial charge in [-0.05, 0) is 66.3 Å². The maximum absolute atomic E-state index is 11.0. The van der Waals surface area contributed by atoms with E-state index in [0.717, 1.165) is 49.2 Å². The zero-order valence-corrected chi connectivity index (χ0v) is 16.5. The molecule has 2 aromatic rings. The van der Waals surface area contributed by atoms with Crippen LogP contribution in [0.3, 0.4) is 0 Å². The molecule has 5 heteroatoms. The number of ether oxygens (including phenoxy) is 3. The second-order valence-electron chi connectivity index (χ2n) is 7.25. The van der Waals surface area contributed by atoms with Gasteiger partial charge in [0, 0.05) is 18.2 Å². The molecular weight excluding hydrogens is 342 g/mol. The van der Waals surface area contributed by atoms with Gasteiger partial charge in [0.15, 0.2) is 23.0 Å². The molecule has 27 heavy (non-hydrogen) atoms. The molecule has 5 nitrogen and oxygen atoms in total. The highest BCUT2D eigenvalue weighted by molar-refractivity contribution is 5.84. The number of hydrogen-bond donors (Lipinski definition) is 1. The van der Waals surface area contributed by atoms with Crippen molar-refractivity contribution in [1.29, 1.82) is 0 Å². The van der Waals surface area contributed by atoms with Gasteiger partial charge in [0.05, 0.1) is 21.3 Å². The minimum atomic E-state index is 0.216. The molecular formula is C22H27NO4. The van der Waals surface area contributed by atoms with Crippen LogP contribution in [0.15, 0.2) is 18.2 Å². The largest absolute Gasteiger partial charge is 0.504 e. The SMILES string of the molecule is CCCN1CCc2cc(OC)c(O)c3c2[C@@H]1Cc1cc(OC)c(OC)cc1-3. The zero-order chi connectivity index (χ0) is 19.1. The Hall–Kier alpha value is -2.40. The second kappa shape index (κ2) is 6.97. The second-order valence-corrected chi connectivity index (χ2v) is 7.25. The molecule has 0 fully saturated rings. The van der Waals surface area contributed by atoms with Gasteiger partial charge in [-0.1, -0.05) is 6.92 Å². The monoisotopic (exact) mass is 369 g/mol. The van der Waals surface area contributed by atoms with Crippen LogP contribution < -0.4 is 14.2 Å². The van der Waals surface area contributed by atoms with Gasteiger partial charge in [0.25, 0.3) is 0 Å². The molecule has 0 saturated heterocycles. The number of benzene rings is 2. The van der Waals surface area contributed by atoms with Crippen molar-refractivity contribution in [2.75, 3.05) is 34.4 Å². The van der Waals surface area contributed by atoms with Crippen LogP contribution in [-0.2, 0) is 12.8 Å². The van der Waals surface area contributed by atoms with Gasteiger partial charge in [0.2, 0.25) is 0 Å². The zero-order valence-electron chi connectivity index (χ0n) is 16.5. The summed E-state index contributed by atoms with van der Waals surface area (Å²) in [6.45, 7) is 4.30. The molecule has 0 aromatic heterocycles. The Labute approximate surface area is 160 Å². The molecule has 0 unspecified atom stereocenters. The molecule has 1 atom stereocenters. The maximum atomic E-state index is 11.0. The molecule has 2 aromatic carbocycles. The van der Waals surface area contributed by atoms with Crippen molar-refractivity contribution in [3.63, 3.8) is 0 Å². The van der Waals surface area contributed by atoms with Gasteiger partial charge >= 0.3 is 0 Å². The molecule has 2 aliphatic rings. The first kappa shape index (κ1) is 18.0. The predicted octanol–water partition coefficient (Wildman–Crippen LogP) is 3.95. The molecule has 1 N–H and O–H groups in total. The standard InChI is InChI=1S/C22H27NO4/c1-5-7-23-8-6-13-10-19(27-4)22(24)21-15-12-18(26-3)17(25-2)11-14(15)9-16(23)20(13)21/h10-12,16,24H,5-9H2,1-4H3/t16-/m0/s1. The summed E-state index contributed by atoms with van der Waals surface area (Å²) in [6.07, 6.45) is 2.99. The minimum absolute atomic E-state index is 0.216. The van der Waals surface area contributed by atoms with Crippen molar-refractivity contribution in [2.45, 2.75) is 32.2 Å². The lowest BCUT2D eigenvalue weighted by molar-refractivity contribution is 0.182. The number of phenolic OH excluding ortho intramolecular Hbond substituents is 1. The van der Waals surface area contributed by atoms with Gasteiger partial charge < -0.3 is 19.3 Å². The van der Waals surface area contributed by atoms with Crippen LogP contribution in [0.2, 0.25) is 0 Å². The van der Waals surface area contributed by atoms with E-state index in [9.17, 15) is 5.11 Å². The van der Waals surface area contributed by atoms with Crippen molar-refractivity contribution in [3.8, 4) is 34.1 Å². The molecule has 1 aliphatic carbocycles. The number of rotatable bonds is 5. The van der Waals surface area contributed by atoms with Crippen LogP contribution in [0.1, 0.15) is 36.1 Å². The molecule has 0 amide bonds. The summed E-state index contributed by atoms with van der Waals surface area (Å²) in [5, 5.41) is 11.0. The van der Waals surface area contributed by atoms with Gasteiger partial charge in [-0.3, -0.25) is 4.90 Å². The van der Waals surface area contributed by atoms with Crippen molar-refractivity contribution in [3.05, 3.63) is 34.9 Å². The van der Waals surface area contributed by atoms with E-state index >= 15 is 0 Å². The van der Waals surface area contributed by atoms with Crippen LogP contribution in [0.25, 0.3) is 11.1 Å². The highest BCUT2D eigenvalue weighted by Gasteiger charge is 2.37. The summed E-state index contributed by atoms with van der Waals surface area (Å²) >= 11 is 0. The molecule has 1 aliphatic heterocycles. The van der Waals surface area contributed by atoms with E-state index < -0.39 is 0 Å². The van der Waals surface area contributed by atoms with Crippen LogP contribution in [-0.4, -0.2) is 44.4 Å². The fraction of sp³-hybridized carbons (Fsp3) is 0.455. The lowest BCUT2D eigenvalue weighted by atomic mass is 9.76. The Kier molecular flexibility index (Phi) is 4.64. The van der Waals surface area contributed by atoms with Crippen molar-refractivity contribution in [1.82, 2.24) is 4.90 Å². The average molecular weight is 369 g/mol. The molecule has 0 spiro atoms. The summed E-state index contributed by atoms with van der Waals surface area (Å²) in [5.74, 6) is 2.15. The number of aromatic hydroxyl groups is 1. The first-order valence-electron chi connectivity index (χ1n) is 9.54. The number of fused-ring (bicyclic) bond motifs is 2. The van der Waals surface area contributed by atoms with E-state index in [2.05, 4.69) is 17.9 Å². The van der Waals surface area contributed by atoms with E-state index in [1.807, 2.05) is 12.1 Å². The Bertz CT molecular complexity index is 877. The number of hydrogen-bond acceptors (Lipinski definition) is 5. The predicted molar refractivity (Wildman–Crippen MR) is 105 cm³/mol. The normalized spacial score (nSPS) is 17.9. The molecule has 144 valence electrons. The Morgan fingerprint density at radius 1 is 1.00 bits per heavy atom. The van der Waals surface area contributed by atoms with Crippen LogP contribution in [0, 0.1) is 0 Å². The molecule has 0 radical (unpaired) electrons. The third-order valence-electron chi connectivity index (χ3n) is 5.86. The molecule has 0 saturated carbocycles. The highest BCUT2D eigenvalue weighted by atomic mass is 16.5. The van der Waals surface area contributed by atoms with Crippen LogP contribution in [0.5, 0.6) is 23.0 Å². The summed E-state index contributed by atoms with van der Waals surface area (Å²) < 4.78 is 16.5. The smallest absolute Gasteiger partial charge is 0.166 e. The Morgan fingerprint density at radius 2 is 1.67 bits per heavy atom. The van der Waals surface area contributed by atoms with E-state index in [-0.39, 0.29) is 11.8 Å². The Morgan fingerprint density at radius 3 is 2.33 bits per heavy atom. The quantitative estimate of drug-likeness (QED) is 0.865. The summed E-state index contributed by atoms with van der Waals surface area (Å²) in [6, 6.07) is 6.31. The van der Waals surface area contributed by atoms with E-state index in [1.54, 1.807) is 21.3 Å². The van der Waals surface area contributed by atoms with E-state index in [1.165, 1.54) is 16.7 Å². The minimum Gasteiger partial charge on any atom is -0.504 e. The van der Waals surface area contributed by atoms with Crippen LogP contribution in [0.4, 0.5) is 0 Å². The number of nitrogens with zero attached hydrogens (tertiary/aromatic N) is 1. The van der Waals surface area contributed by atoms with Gasteiger partial charge in [-0.2, -0.15) is 0 Å². The van der Waals surface area contributed by atoms with Crippen LogP contribution >= 0.6 is 0 Å². The highest BCUT2D eigenvalue weighted by Crippen LogP contribution is 2.53. The first-order valence-corrected chi connectivity index (χ1v) is 9.54. The summed E-state index contributed by atoms with van der Waals surface area (Å²) in [4.78, 5) is 2.54. The molecule has 0 bridgehead atoms. The summed E-state index contributed by atoms with van der Waals surface area (Å²) in [7, 11) is 4.90. The molecule has 1 heterocycles. The van der Waals surface area contributed by atoms with Gasteiger partial charge in [-0.15, -0.1) is 0 Å². The topological polar surface area (TPSA) is 51.2 Å². The van der Waals surface area contributed by atoms with Crippen molar-refractivity contribution >= 4 is 0 Å². The fourth-order valence-corrected chi connectivity index (χ4v) is 4.65. The van der Waals surface area contributed by atoms with Gasteiger partial charge in [-0.25, -0.2) is 0 Å². The fourth-order valence-electron chi connectivity index (χ4n) is 4.65. The Balaban J connectivity index is 1.99. The third kappa shape index (κ3) is 2.72. The van der Waals surface area contributed by atoms with Crippen molar-refractivity contribution < 1.29 is 19.3 Å². The average Bonchev–Trinajstić information content (AvgIpc) is 2.70. The maximum Gasteiger partial charge on any atom is 0.166 e. The number of methoxy groups -OCH3 is 3. The van der Waals surface area contributed by atoms with Gasteiger partial charge in [0.1, 0.15) is 0 Å². The number of phenols is 1. The first-order chi connectivity index (χ1) is 13.1. The lowest BCUT2D eigenvalue weighted by Crippen LogP contribution is -2.38. The van der Waals surface area contributed by atoms with E-state index in [4.69, 9.17) is 14.2 Å².